The number of unbranched alkanes of at least 4 members (excludes halogenated alkanes) is 44. The van der Waals surface area contributed by atoms with Crippen molar-refractivity contribution < 1.29 is 20.1 Å². The van der Waals surface area contributed by atoms with Gasteiger partial charge in [0.05, 0.1) is 18.8 Å². The number of aliphatic hydroxyl groups is 3. The van der Waals surface area contributed by atoms with Crippen molar-refractivity contribution in [3.05, 3.63) is 0 Å². The van der Waals surface area contributed by atoms with Crippen molar-refractivity contribution in [2.24, 2.45) is 0 Å². The number of amides is 1. The lowest BCUT2D eigenvalue weighted by Gasteiger charge is -2.26. The number of hydrogen-bond donors (Lipinski definition) is 4. The van der Waals surface area contributed by atoms with Crippen LogP contribution < -0.4 is 5.32 Å². The Morgan fingerprint density at radius 1 is 0.350 bits per heavy atom. The predicted molar refractivity (Wildman–Crippen MR) is 264 cm³/mol. The first-order valence-corrected chi connectivity index (χ1v) is 27.8. The standard InChI is InChI=1S/C55H111NO4/c1-3-5-7-9-11-13-15-17-19-21-22-23-24-25-26-27-28-29-30-31-32-33-34-36-38-40-42-44-46-48-50-54(59)56-52(51-57)55(60)53(58)49-47-45-43-41-39-37-35-20-18-16-14-12-10-8-6-4-2/h52-53,55,57-58,60H,3-51H2,1-2H3,(H,56,59). The summed E-state index contributed by atoms with van der Waals surface area (Å²) in [5, 5.41) is 33.7. The first-order valence-electron chi connectivity index (χ1n) is 27.8. The summed E-state index contributed by atoms with van der Waals surface area (Å²) in [6.45, 7) is 4.22. The lowest BCUT2D eigenvalue weighted by Crippen LogP contribution is -2.50. The minimum absolute atomic E-state index is 0.136. The van der Waals surface area contributed by atoms with Crippen molar-refractivity contribution in [1.29, 1.82) is 0 Å². The summed E-state index contributed by atoms with van der Waals surface area (Å²) in [7, 11) is 0. The second-order valence-electron chi connectivity index (χ2n) is 19.5. The number of aliphatic hydroxyl groups excluding tert-OH is 3. The van der Waals surface area contributed by atoms with Gasteiger partial charge >= 0.3 is 0 Å². The molecule has 3 unspecified atom stereocenters. The molecule has 0 bridgehead atoms. The average molecular weight is 850 g/mol. The van der Waals surface area contributed by atoms with Gasteiger partial charge in [-0.2, -0.15) is 0 Å². The Morgan fingerprint density at radius 2 is 0.567 bits per heavy atom. The molecule has 60 heavy (non-hydrogen) atoms. The third-order valence-electron chi connectivity index (χ3n) is 13.5. The molecule has 0 aliphatic heterocycles. The molecule has 0 saturated heterocycles. The highest BCUT2D eigenvalue weighted by atomic mass is 16.3. The molecular formula is C55H111NO4. The van der Waals surface area contributed by atoms with Gasteiger partial charge in [-0.15, -0.1) is 0 Å². The molecule has 0 saturated carbocycles. The molecule has 1 amide bonds. The highest BCUT2D eigenvalue weighted by Gasteiger charge is 2.26. The second-order valence-corrected chi connectivity index (χ2v) is 19.5. The van der Waals surface area contributed by atoms with Crippen molar-refractivity contribution in [3.8, 4) is 0 Å². The summed E-state index contributed by atoms with van der Waals surface area (Å²) in [4.78, 5) is 12.5. The first-order chi connectivity index (χ1) is 29.6. The highest BCUT2D eigenvalue weighted by Crippen LogP contribution is 2.19. The lowest BCUT2D eigenvalue weighted by molar-refractivity contribution is -0.124. The maximum atomic E-state index is 12.5. The van der Waals surface area contributed by atoms with Gasteiger partial charge in [0, 0.05) is 6.42 Å². The normalized spacial score (nSPS) is 13.2. The number of rotatable bonds is 52. The van der Waals surface area contributed by atoms with Gasteiger partial charge in [0.15, 0.2) is 0 Å². The van der Waals surface area contributed by atoms with Crippen LogP contribution in [0.5, 0.6) is 0 Å². The molecule has 0 aliphatic carbocycles. The molecule has 0 rings (SSSR count). The molecule has 0 fully saturated rings. The minimum Gasteiger partial charge on any atom is -0.394 e. The molecule has 0 aromatic heterocycles. The molecule has 3 atom stereocenters. The van der Waals surface area contributed by atoms with Gasteiger partial charge in [0.2, 0.25) is 5.91 Å². The Kier molecular flexibility index (Phi) is 50.4. The molecule has 4 N–H and O–H groups in total. The van der Waals surface area contributed by atoms with Gasteiger partial charge in [0.1, 0.15) is 6.10 Å². The number of carbonyl (C=O) groups excluding carboxylic acids is 1. The average Bonchev–Trinajstić information content (AvgIpc) is 3.25. The van der Waals surface area contributed by atoms with E-state index in [0.29, 0.717) is 12.8 Å². The Labute approximate surface area is 377 Å². The maximum absolute atomic E-state index is 12.5. The zero-order valence-corrected chi connectivity index (χ0v) is 41.1. The van der Waals surface area contributed by atoms with E-state index in [1.165, 1.54) is 263 Å². The molecular weight excluding hydrogens is 739 g/mol. The van der Waals surface area contributed by atoms with Crippen molar-refractivity contribution in [2.45, 2.75) is 340 Å². The third kappa shape index (κ3) is 45.4. The Bertz CT molecular complexity index is 807. The fraction of sp³-hybridized carbons (Fsp3) is 0.982. The lowest BCUT2D eigenvalue weighted by atomic mass is 9.99. The number of hydrogen-bond acceptors (Lipinski definition) is 4. The van der Waals surface area contributed by atoms with E-state index in [1.54, 1.807) is 0 Å². The predicted octanol–water partition coefficient (Wildman–Crippen LogP) is 16.9. The molecule has 0 aromatic rings. The molecule has 360 valence electrons. The summed E-state index contributed by atoms with van der Waals surface area (Å²) in [5.74, 6) is -0.136. The van der Waals surface area contributed by atoms with Gasteiger partial charge in [0.25, 0.3) is 0 Å². The Morgan fingerprint density at radius 3 is 0.800 bits per heavy atom. The van der Waals surface area contributed by atoms with Gasteiger partial charge < -0.3 is 20.6 Å². The maximum Gasteiger partial charge on any atom is 0.220 e. The van der Waals surface area contributed by atoms with Crippen LogP contribution in [0.4, 0.5) is 0 Å². The Balaban J connectivity index is 3.46. The van der Waals surface area contributed by atoms with Crippen LogP contribution in [-0.4, -0.2) is 46.1 Å². The fourth-order valence-electron chi connectivity index (χ4n) is 9.17. The van der Waals surface area contributed by atoms with Gasteiger partial charge in [-0.1, -0.05) is 303 Å². The zero-order chi connectivity index (χ0) is 43.7. The van der Waals surface area contributed by atoms with Crippen molar-refractivity contribution >= 4 is 5.91 Å². The monoisotopic (exact) mass is 850 g/mol. The molecule has 0 heterocycles. The van der Waals surface area contributed by atoms with E-state index in [1.807, 2.05) is 0 Å². The smallest absolute Gasteiger partial charge is 0.220 e. The molecule has 0 aliphatic rings. The minimum atomic E-state index is -1.13. The zero-order valence-electron chi connectivity index (χ0n) is 41.1. The highest BCUT2D eigenvalue weighted by molar-refractivity contribution is 5.76. The van der Waals surface area contributed by atoms with Gasteiger partial charge in [-0.05, 0) is 12.8 Å². The van der Waals surface area contributed by atoms with E-state index in [9.17, 15) is 20.1 Å². The Hall–Kier alpha value is -0.650. The molecule has 0 spiro atoms. The summed E-state index contributed by atoms with van der Waals surface area (Å²) in [6.07, 6.45) is 61.2. The van der Waals surface area contributed by atoms with E-state index in [4.69, 9.17) is 0 Å². The van der Waals surface area contributed by atoms with Crippen molar-refractivity contribution in [3.63, 3.8) is 0 Å². The summed E-state index contributed by atoms with van der Waals surface area (Å²) >= 11 is 0. The molecule has 5 heteroatoms. The van der Waals surface area contributed by atoms with Crippen LogP contribution in [0.3, 0.4) is 0 Å². The van der Waals surface area contributed by atoms with Crippen LogP contribution >= 0.6 is 0 Å². The van der Waals surface area contributed by atoms with E-state index < -0.39 is 18.2 Å². The summed E-state index contributed by atoms with van der Waals surface area (Å²) in [5.41, 5.74) is 0. The van der Waals surface area contributed by atoms with Gasteiger partial charge in [-0.25, -0.2) is 0 Å². The second kappa shape index (κ2) is 51.0. The number of carbonyl (C=O) groups is 1. The van der Waals surface area contributed by atoms with E-state index in [2.05, 4.69) is 19.2 Å². The largest absolute Gasteiger partial charge is 0.394 e. The fourth-order valence-corrected chi connectivity index (χ4v) is 9.17. The van der Waals surface area contributed by atoms with E-state index >= 15 is 0 Å². The topological polar surface area (TPSA) is 89.8 Å². The van der Waals surface area contributed by atoms with E-state index in [-0.39, 0.29) is 12.5 Å². The molecule has 0 aromatic carbocycles. The summed E-state index contributed by atoms with van der Waals surface area (Å²) < 4.78 is 0. The van der Waals surface area contributed by atoms with Crippen LogP contribution in [0.15, 0.2) is 0 Å². The van der Waals surface area contributed by atoms with Crippen LogP contribution in [0.25, 0.3) is 0 Å². The SMILES string of the molecule is CCCCCCCCCCCCCCCCCCCCCCCCCCCCCCCCC(=O)NC(CO)C(O)C(O)CCCCCCCCCCCCCCCCCC. The summed E-state index contributed by atoms with van der Waals surface area (Å²) in [6, 6.07) is -0.804. The third-order valence-corrected chi connectivity index (χ3v) is 13.5. The van der Waals surface area contributed by atoms with E-state index in [0.717, 1.165) is 32.1 Å². The number of nitrogens with one attached hydrogen (secondary N) is 1. The van der Waals surface area contributed by atoms with Gasteiger partial charge in [-0.3, -0.25) is 4.79 Å². The molecule has 0 radical (unpaired) electrons. The first kappa shape index (κ1) is 59.4. The van der Waals surface area contributed by atoms with Crippen LogP contribution in [-0.2, 0) is 4.79 Å². The van der Waals surface area contributed by atoms with Crippen LogP contribution in [0.2, 0.25) is 0 Å². The quantitative estimate of drug-likeness (QED) is 0.0459. The van der Waals surface area contributed by atoms with Crippen molar-refractivity contribution in [2.75, 3.05) is 6.61 Å². The van der Waals surface area contributed by atoms with Crippen molar-refractivity contribution in [1.82, 2.24) is 5.32 Å². The van der Waals surface area contributed by atoms with Crippen LogP contribution in [0, 0.1) is 0 Å². The van der Waals surface area contributed by atoms with Crippen LogP contribution in [0.1, 0.15) is 322 Å². The molecule has 5 nitrogen and oxygen atoms in total.